The van der Waals surface area contributed by atoms with Crippen molar-refractivity contribution in [2.45, 2.75) is 19.0 Å². The van der Waals surface area contributed by atoms with Gasteiger partial charge in [0.05, 0.1) is 0 Å². The first-order valence-corrected chi connectivity index (χ1v) is 6.43. The van der Waals surface area contributed by atoms with Crippen LogP contribution in [-0.2, 0) is 0 Å². The molecule has 2 rings (SSSR count). The Morgan fingerprint density at radius 3 is 2.40 bits per heavy atom. The molecule has 1 heterocycles. The Morgan fingerprint density at radius 1 is 1.20 bits per heavy atom. The first-order chi connectivity index (χ1) is 7.27. The average Bonchev–Trinajstić information content (AvgIpc) is 2.30. The van der Waals surface area contributed by atoms with Gasteiger partial charge >= 0.3 is 0 Å². The summed E-state index contributed by atoms with van der Waals surface area (Å²) in [4.78, 5) is 0. The Hall–Kier alpha value is -0.700. The second-order valence-corrected chi connectivity index (χ2v) is 5.17. The minimum absolute atomic E-state index is 0.163. The van der Waals surface area contributed by atoms with Gasteiger partial charge < -0.3 is 5.11 Å². The summed E-state index contributed by atoms with van der Waals surface area (Å²) in [7, 11) is 0. The van der Waals surface area contributed by atoms with E-state index in [0.717, 1.165) is 24.3 Å². The molecule has 1 unspecified atom stereocenters. The fourth-order valence-corrected chi connectivity index (χ4v) is 3.08. The Morgan fingerprint density at radius 2 is 1.80 bits per heavy atom. The molecule has 0 radical (unpaired) electrons. The van der Waals surface area contributed by atoms with Crippen LogP contribution in [-0.4, -0.2) is 16.6 Å². The maximum absolute atomic E-state index is 14.1. The number of benzene rings is 1. The van der Waals surface area contributed by atoms with E-state index in [2.05, 4.69) is 0 Å². The summed E-state index contributed by atoms with van der Waals surface area (Å²) in [6.45, 7) is 0. The first-order valence-electron chi connectivity index (χ1n) is 5.28. The Balaban J connectivity index is 2.05. The molecule has 0 aromatic heterocycles. The predicted octanol–water partition coefficient (Wildman–Crippen LogP) is 3.55. The monoisotopic (exact) mass is 226 g/mol. The third-order valence-electron chi connectivity index (χ3n) is 2.89. The van der Waals surface area contributed by atoms with E-state index in [1.165, 1.54) is 0 Å². The van der Waals surface area contributed by atoms with Crippen LogP contribution >= 0.6 is 11.8 Å². The van der Waals surface area contributed by atoms with Crippen molar-refractivity contribution < 1.29 is 9.50 Å². The van der Waals surface area contributed by atoms with E-state index < -0.39 is 6.17 Å². The zero-order chi connectivity index (χ0) is 10.7. The van der Waals surface area contributed by atoms with Crippen molar-refractivity contribution in [2.24, 2.45) is 5.92 Å². The van der Waals surface area contributed by atoms with Gasteiger partial charge in [0.1, 0.15) is 11.9 Å². The van der Waals surface area contributed by atoms with Crippen molar-refractivity contribution >= 4 is 11.8 Å². The summed E-state index contributed by atoms with van der Waals surface area (Å²) >= 11 is 1.91. The summed E-state index contributed by atoms with van der Waals surface area (Å²) in [6.07, 6.45) is 1.06. The Bertz CT molecular complexity index is 306. The Labute approximate surface area is 93.7 Å². The minimum Gasteiger partial charge on any atom is -0.508 e. The van der Waals surface area contributed by atoms with Gasteiger partial charge in [0.15, 0.2) is 0 Å². The van der Waals surface area contributed by atoms with Crippen molar-refractivity contribution in [3.63, 3.8) is 0 Å². The smallest absolute Gasteiger partial charge is 0.128 e. The lowest BCUT2D eigenvalue weighted by Gasteiger charge is -2.24. The van der Waals surface area contributed by atoms with Crippen molar-refractivity contribution in [1.82, 2.24) is 0 Å². The molecule has 1 N–H and O–H groups in total. The molecule has 15 heavy (non-hydrogen) atoms. The van der Waals surface area contributed by atoms with Gasteiger partial charge in [-0.25, -0.2) is 4.39 Å². The molecule has 1 aromatic rings. The van der Waals surface area contributed by atoms with Crippen molar-refractivity contribution in [3.8, 4) is 5.75 Å². The molecule has 1 saturated heterocycles. The molecule has 3 heteroatoms. The lowest BCUT2D eigenvalue weighted by molar-refractivity contribution is 0.219. The molecule has 0 amide bonds. The number of alkyl halides is 1. The SMILES string of the molecule is Oc1ccc(C(F)C2CCSCC2)cc1. The van der Waals surface area contributed by atoms with Crippen molar-refractivity contribution in [2.75, 3.05) is 11.5 Å². The molecule has 1 fully saturated rings. The van der Waals surface area contributed by atoms with Gasteiger partial charge in [-0.2, -0.15) is 11.8 Å². The predicted molar refractivity (Wildman–Crippen MR) is 62.0 cm³/mol. The van der Waals surface area contributed by atoms with Gasteiger partial charge in [-0.3, -0.25) is 0 Å². The van der Waals surface area contributed by atoms with Crippen LogP contribution in [0.4, 0.5) is 4.39 Å². The van der Waals surface area contributed by atoms with E-state index in [0.29, 0.717) is 5.56 Å². The fourth-order valence-electron chi connectivity index (χ4n) is 1.94. The second kappa shape index (κ2) is 4.88. The van der Waals surface area contributed by atoms with Crippen LogP contribution in [0.5, 0.6) is 5.75 Å². The van der Waals surface area contributed by atoms with E-state index in [9.17, 15) is 4.39 Å². The van der Waals surface area contributed by atoms with Crippen LogP contribution in [0.25, 0.3) is 0 Å². The number of halogens is 1. The maximum atomic E-state index is 14.1. The molecule has 1 aliphatic heterocycles. The van der Waals surface area contributed by atoms with Crippen molar-refractivity contribution in [1.29, 1.82) is 0 Å². The van der Waals surface area contributed by atoms with E-state index in [4.69, 9.17) is 5.11 Å². The topological polar surface area (TPSA) is 20.2 Å². The van der Waals surface area contributed by atoms with Gasteiger partial charge in [0, 0.05) is 0 Å². The highest BCUT2D eigenvalue weighted by molar-refractivity contribution is 7.99. The zero-order valence-corrected chi connectivity index (χ0v) is 9.34. The average molecular weight is 226 g/mol. The molecular formula is C12H15FOS. The van der Waals surface area contributed by atoms with Gasteiger partial charge in [-0.15, -0.1) is 0 Å². The number of hydrogen-bond acceptors (Lipinski definition) is 2. The normalized spacial score (nSPS) is 20.1. The van der Waals surface area contributed by atoms with Gasteiger partial charge in [0.2, 0.25) is 0 Å². The molecular weight excluding hydrogens is 211 g/mol. The van der Waals surface area contributed by atoms with Crippen LogP contribution in [0.15, 0.2) is 24.3 Å². The number of aromatic hydroxyl groups is 1. The first kappa shape index (κ1) is 10.8. The van der Waals surface area contributed by atoms with E-state index in [1.807, 2.05) is 11.8 Å². The molecule has 1 aliphatic rings. The van der Waals surface area contributed by atoms with Crippen LogP contribution in [0, 0.1) is 5.92 Å². The maximum Gasteiger partial charge on any atom is 0.128 e. The van der Waals surface area contributed by atoms with E-state index in [-0.39, 0.29) is 11.7 Å². The van der Waals surface area contributed by atoms with Crippen molar-refractivity contribution in [3.05, 3.63) is 29.8 Å². The summed E-state index contributed by atoms with van der Waals surface area (Å²) in [5, 5.41) is 9.12. The third-order valence-corrected chi connectivity index (χ3v) is 3.94. The van der Waals surface area contributed by atoms with Gasteiger partial charge in [-0.05, 0) is 48.0 Å². The standard InChI is InChI=1S/C12H15FOS/c13-12(10-5-7-15-8-6-10)9-1-3-11(14)4-2-9/h1-4,10,12,14H,5-8H2. The lowest BCUT2D eigenvalue weighted by Crippen LogP contribution is -2.15. The van der Waals surface area contributed by atoms with Gasteiger partial charge in [0.25, 0.3) is 0 Å². The molecule has 0 spiro atoms. The quantitative estimate of drug-likeness (QED) is 0.832. The third kappa shape index (κ3) is 2.65. The molecule has 0 saturated carbocycles. The van der Waals surface area contributed by atoms with Crippen LogP contribution in [0.1, 0.15) is 24.6 Å². The van der Waals surface area contributed by atoms with Crippen LogP contribution in [0.2, 0.25) is 0 Å². The largest absolute Gasteiger partial charge is 0.508 e. The second-order valence-electron chi connectivity index (χ2n) is 3.94. The summed E-state index contributed by atoms with van der Waals surface area (Å²) in [5.41, 5.74) is 0.699. The Kier molecular flexibility index (Phi) is 3.52. The molecule has 1 nitrogen and oxygen atoms in total. The molecule has 82 valence electrons. The molecule has 0 aliphatic carbocycles. The number of hydrogen-bond donors (Lipinski definition) is 1. The van der Waals surface area contributed by atoms with Crippen LogP contribution in [0.3, 0.4) is 0 Å². The number of thioether (sulfide) groups is 1. The molecule has 0 bridgehead atoms. The summed E-state index contributed by atoms with van der Waals surface area (Å²) in [6, 6.07) is 6.47. The molecule has 1 aromatic carbocycles. The number of rotatable bonds is 2. The summed E-state index contributed by atoms with van der Waals surface area (Å²) in [5.74, 6) is 2.51. The van der Waals surface area contributed by atoms with E-state index in [1.54, 1.807) is 24.3 Å². The van der Waals surface area contributed by atoms with Gasteiger partial charge in [-0.1, -0.05) is 12.1 Å². The summed E-state index contributed by atoms with van der Waals surface area (Å²) < 4.78 is 14.1. The lowest BCUT2D eigenvalue weighted by atomic mass is 9.92. The zero-order valence-electron chi connectivity index (χ0n) is 8.53. The number of phenolic OH excluding ortho intramolecular Hbond substituents is 1. The highest BCUT2D eigenvalue weighted by Crippen LogP contribution is 2.36. The highest BCUT2D eigenvalue weighted by Gasteiger charge is 2.24. The fraction of sp³-hybridized carbons (Fsp3) is 0.500. The van der Waals surface area contributed by atoms with Crippen LogP contribution < -0.4 is 0 Å². The molecule has 1 atom stereocenters. The number of phenols is 1. The highest BCUT2D eigenvalue weighted by atomic mass is 32.2. The minimum atomic E-state index is -0.869. The van der Waals surface area contributed by atoms with E-state index >= 15 is 0 Å².